The minimum atomic E-state index is -3.68. The summed E-state index contributed by atoms with van der Waals surface area (Å²) in [5.41, 5.74) is 0. The lowest BCUT2D eigenvalue weighted by Gasteiger charge is -2.15. The largest absolute Gasteiger partial charge is 0.336 e. The van der Waals surface area contributed by atoms with Crippen LogP contribution >= 0.6 is 11.8 Å². The van der Waals surface area contributed by atoms with Crippen molar-refractivity contribution in [1.29, 1.82) is 0 Å². The molecule has 1 atom stereocenters. The van der Waals surface area contributed by atoms with Gasteiger partial charge in [-0.05, 0) is 0 Å². The summed E-state index contributed by atoms with van der Waals surface area (Å²) in [5, 5.41) is -0.342. The molecule has 2 fully saturated rings. The summed E-state index contributed by atoms with van der Waals surface area (Å²) in [5.74, 6) is -0.171. The molecule has 0 bridgehead atoms. The zero-order valence-electron chi connectivity index (χ0n) is 7.50. The van der Waals surface area contributed by atoms with Crippen LogP contribution in [0.4, 0.5) is 4.79 Å². The highest BCUT2D eigenvalue weighted by molar-refractivity contribution is 8.14. The molecule has 1 N–H and O–H groups in total. The molecule has 0 radical (unpaired) electrons. The van der Waals surface area contributed by atoms with E-state index in [9.17, 15) is 18.0 Å². The van der Waals surface area contributed by atoms with E-state index in [1.807, 2.05) is 0 Å². The average molecular weight is 252 g/mol. The fourth-order valence-electron chi connectivity index (χ4n) is 1.31. The summed E-state index contributed by atoms with van der Waals surface area (Å²) in [7, 11) is -3.68. The number of nitrogens with one attached hydrogen (secondary N) is 1. The van der Waals surface area contributed by atoms with Gasteiger partial charge < -0.3 is 0 Å². The fraction of sp³-hybridized carbons (Fsp3) is 0.667. The molecule has 2 heterocycles. The lowest BCUT2D eigenvalue weighted by Crippen LogP contribution is -2.42. The van der Waals surface area contributed by atoms with Gasteiger partial charge in [-0.15, -0.1) is 0 Å². The Morgan fingerprint density at radius 2 is 2.27 bits per heavy atom. The molecule has 2 amide bonds. The van der Waals surface area contributed by atoms with Crippen molar-refractivity contribution in [2.75, 3.05) is 18.9 Å². The summed E-state index contributed by atoms with van der Waals surface area (Å²) < 4.78 is 28.3. The summed E-state index contributed by atoms with van der Waals surface area (Å²) in [4.78, 5) is 23.4. The Hall–Kier alpha value is -0.640. The van der Waals surface area contributed by atoms with E-state index in [-0.39, 0.29) is 30.1 Å². The van der Waals surface area contributed by atoms with Gasteiger partial charge >= 0.3 is 10.3 Å². The van der Waals surface area contributed by atoms with Gasteiger partial charge in [-0.1, -0.05) is 11.8 Å². The number of hydrogen-bond donors (Lipinski definition) is 1. The second-order valence-corrected chi connectivity index (χ2v) is 5.42. The predicted molar refractivity (Wildman–Crippen MR) is 51.4 cm³/mol. The van der Waals surface area contributed by atoms with Crippen molar-refractivity contribution < 1.29 is 22.2 Å². The van der Waals surface area contributed by atoms with Gasteiger partial charge in [-0.3, -0.25) is 18.7 Å². The molecule has 2 rings (SSSR count). The lowest BCUT2D eigenvalue weighted by atomic mass is 10.3. The first-order chi connectivity index (χ1) is 6.98. The Kier molecular flexibility index (Phi) is 2.71. The predicted octanol–water partition coefficient (Wildman–Crippen LogP) is -1.08. The number of imide groups is 1. The van der Waals surface area contributed by atoms with E-state index in [1.54, 1.807) is 0 Å². The third-order valence-electron chi connectivity index (χ3n) is 1.98. The highest BCUT2D eigenvalue weighted by Gasteiger charge is 2.36. The van der Waals surface area contributed by atoms with Crippen molar-refractivity contribution in [3.63, 3.8) is 0 Å². The third kappa shape index (κ3) is 2.30. The number of hydrogen-bond acceptors (Lipinski definition) is 6. The molecule has 0 saturated carbocycles. The Bertz CT molecular complexity index is 390. The van der Waals surface area contributed by atoms with Crippen LogP contribution in [0.25, 0.3) is 0 Å². The number of nitrogens with zero attached hydrogens (tertiary/aromatic N) is 1. The van der Waals surface area contributed by atoms with Crippen LogP contribution in [0, 0.1) is 0 Å². The minimum absolute atomic E-state index is 0.0316. The smallest absolute Gasteiger partial charge is 0.273 e. The van der Waals surface area contributed by atoms with Gasteiger partial charge in [-0.25, -0.2) is 0 Å². The molecule has 84 valence electrons. The number of carbonyl (C=O) groups is 2. The molecule has 0 aliphatic carbocycles. The van der Waals surface area contributed by atoms with Crippen LogP contribution < -0.4 is 4.72 Å². The second-order valence-electron chi connectivity index (χ2n) is 3.11. The van der Waals surface area contributed by atoms with Crippen LogP contribution in [0.2, 0.25) is 0 Å². The average Bonchev–Trinajstić information content (AvgIpc) is 2.63. The van der Waals surface area contributed by atoms with E-state index in [2.05, 4.69) is 8.91 Å². The summed E-state index contributed by atoms with van der Waals surface area (Å²) in [6, 6.07) is -0.540. The van der Waals surface area contributed by atoms with E-state index < -0.39 is 16.3 Å². The molecule has 2 aliphatic rings. The van der Waals surface area contributed by atoms with Crippen molar-refractivity contribution >= 4 is 33.2 Å². The van der Waals surface area contributed by atoms with E-state index in [1.165, 1.54) is 0 Å². The molecule has 9 heteroatoms. The van der Waals surface area contributed by atoms with E-state index >= 15 is 0 Å². The molecule has 0 aromatic rings. The van der Waals surface area contributed by atoms with Crippen molar-refractivity contribution in [2.24, 2.45) is 0 Å². The Morgan fingerprint density at radius 3 is 2.73 bits per heavy atom. The van der Waals surface area contributed by atoms with Crippen molar-refractivity contribution in [2.45, 2.75) is 6.04 Å². The van der Waals surface area contributed by atoms with Crippen LogP contribution in [0.15, 0.2) is 0 Å². The number of rotatable bonds is 2. The van der Waals surface area contributed by atoms with Gasteiger partial charge in [-0.2, -0.15) is 13.1 Å². The molecule has 7 nitrogen and oxygen atoms in total. The molecule has 2 saturated heterocycles. The molecule has 15 heavy (non-hydrogen) atoms. The normalized spacial score (nSPS) is 30.1. The Labute approximate surface area is 90.4 Å². The van der Waals surface area contributed by atoms with Crippen LogP contribution in [-0.2, 0) is 19.3 Å². The molecule has 0 aromatic heterocycles. The first-order valence-corrected chi connectivity index (χ1v) is 6.51. The minimum Gasteiger partial charge on any atom is -0.273 e. The van der Waals surface area contributed by atoms with Gasteiger partial charge in [0.05, 0.1) is 18.4 Å². The van der Waals surface area contributed by atoms with E-state index in [4.69, 9.17) is 0 Å². The second kappa shape index (κ2) is 3.74. The summed E-state index contributed by atoms with van der Waals surface area (Å²) >= 11 is 0.916. The maximum atomic E-state index is 11.2. The van der Waals surface area contributed by atoms with Gasteiger partial charge in [0.1, 0.15) is 0 Å². The first kappa shape index (κ1) is 10.9. The fourth-order valence-corrected chi connectivity index (χ4v) is 3.01. The van der Waals surface area contributed by atoms with Crippen LogP contribution in [0.1, 0.15) is 0 Å². The van der Waals surface area contributed by atoms with Crippen LogP contribution in [0.5, 0.6) is 0 Å². The van der Waals surface area contributed by atoms with Gasteiger partial charge in [0.25, 0.3) is 5.24 Å². The van der Waals surface area contributed by atoms with Gasteiger partial charge in [0, 0.05) is 6.54 Å². The van der Waals surface area contributed by atoms with Gasteiger partial charge in [0.15, 0.2) is 0 Å². The van der Waals surface area contributed by atoms with Crippen molar-refractivity contribution in [3.8, 4) is 0 Å². The van der Waals surface area contributed by atoms with E-state index in [0.717, 1.165) is 16.7 Å². The quantitative estimate of drug-likeness (QED) is 0.671. The Balaban J connectivity index is 1.98. The third-order valence-corrected chi connectivity index (χ3v) is 3.91. The molecule has 2 aliphatic heterocycles. The zero-order valence-corrected chi connectivity index (χ0v) is 9.14. The number of carbonyl (C=O) groups excluding carboxylic acids is 2. The highest BCUT2D eigenvalue weighted by Crippen LogP contribution is 2.19. The maximum absolute atomic E-state index is 11.2. The maximum Gasteiger partial charge on any atom is 0.336 e. The SMILES string of the molecule is O=C1CSC(=O)N1CC1COS(=O)(=O)N1. The highest BCUT2D eigenvalue weighted by atomic mass is 32.2. The van der Waals surface area contributed by atoms with Crippen LogP contribution in [0.3, 0.4) is 0 Å². The van der Waals surface area contributed by atoms with Gasteiger partial charge in [0.2, 0.25) is 5.91 Å². The molecular weight excluding hydrogens is 244 g/mol. The van der Waals surface area contributed by atoms with Crippen LogP contribution in [-0.4, -0.2) is 49.4 Å². The number of amides is 2. The monoisotopic (exact) mass is 252 g/mol. The Morgan fingerprint density at radius 1 is 1.53 bits per heavy atom. The standard InChI is InChI=1S/C6H8N2O5S2/c9-5-3-14-6(10)8(5)1-4-2-13-15(11,12)7-4/h4,7H,1-3H2. The van der Waals surface area contributed by atoms with E-state index in [0.29, 0.717) is 0 Å². The number of thioether (sulfide) groups is 1. The summed E-state index contributed by atoms with van der Waals surface area (Å²) in [6.45, 7) is -0.0199. The zero-order chi connectivity index (χ0) is 11.1. The van der Waals surface area contributed by atoms with Crippen molar-refractivity contribution in [3.05, 3.63) is 0 Å². The molecule has 1 unspecified atom stereocenters. The lowest BCUT2D eigenvalue weighted by molar-refractivity contribution is -0.124. The molecule has 0 aromatic carbocycles. The summed E-state index contributed by atoms with van der Waals surface area (Å²) in [6.07, 6.45) is 0. The first-order valence-electron chi connectivity index (χ1n) is 4.12. The van der Waals surface area contributed by atoms with Crippen molar-refractivity contribution in [1.82, 2.24) is 9.62 Å². The molecular formula is C6H8N2O5S2. The molecule has 0 spiro atoms. The topological polar surface area (TPSA) is 92.8 Å².